The van der Waals surface area contributed by atoms with E-state index in [4.69, 9.17) is 11.6 Å². The number of aryl methyl sites for hydroxylation is 1. The highest BCUT2D eigenvalue weighted by Crippen LogP contribution is 2.25. The second kappa shape index (κ2) is 7.79. The molecule has 136 valence electrons. The molecule has 0 spiro atoms. The summed E-state index contributed by atoms with van der Waals surface area (Å²) in [5.41, 5.74) is 1.68. The first-order chi connectivity index (χ1) is 12.9. The highest BCUT2D eigenvalue weighted by molar-refractivity contribution is 6.31. The van der Waals surface area contributed by atoms with Gasteiger partial charge < -0.3 is 10.6 Å². The van der Waals surface area contributed by atoms with Gasteiger partial charge in [0.1, 0.15) is 17.7 Å². The maximum atomic E-state index is 12.4. The van der Waals surface area contributed by atoms with E-state index in [1.807, 2.05) is 6.92 Å². The SMILES string of the molecule is Cc1cc(Nc2ccc(NC(=O)c3ccc(Cl)cc3[N+](=O)[O-])cc2)ncn1. The summed E-state index contributed by atoms with van der Waals surface area (Å²) in [4.78, 5) is 31.0. The van der Waals surface area contributed by atoms with Gasteiger partial charge in [-0.3, -0.25) is 14.9 Å². The first-order valence-corrected chi connectivity index (χ1v) is 8.21. The monoisotopic (exact) mass is 383 g/mol. The topological polar surface area (TPSA) is 110 Å². The normalized spacial score (nSPS) is 10.3. The molecule has 0 atom stereocenters. The van der Waals surface area contributed by atoms with Crippen LogP contribution in [0.25, 0.3) is 0 Å². The van der Waals surface area contributed by atoms with E-state index >= 15 is 0 Å². The number of hydrogen-bond acceptors (Lipinski definition) is 6. The number of nitro benzene ring substituents is 1. The highest BCUT2D eigenvalue weighted by atomic mass is 35.5. The Hall–Kier alpha value is -3.52. The Morgan fingerprint density at radius 2 is 1.78 bits per heavy atom. The molecule has 0 radical (unpaired) electrons. The molecular formula is C18H14ClN5O3. The summed E-state index contributed by atoms with van der Waals surface area (Å²) in [6.07, 6.45) is 1.46. The molecule has 1 amide bonds. The van der Waals surface area contributed by atoms with Gasteiger partial charge >= 0.3 is 0 Å². The fraction of sp³-hybridized carbons (Fsp3) is 0.0556. The first-order valence-electron chi connectivity index (χ1n) is 7.83. The molecule has 0 saturated carbocycles. The van der Waals surface area contributed by atoms with Crippen molar-refractivity contribution >= 4 is 40.4 Å². The van der Waals surface area contributed by atoms with E-state index in [0.29, 0.717) is 11.5 Å². The number of benzene rings is 2. The van der Waals surface area contributed by atoms with Crippen LogP contribution < -0.4 is 10.6 Å². The number of nitrogens with one attached hydrogen (secondary N) is 2. The molecule has 1 heterocycles. The minimum atomic E-state index is -0.641. The van der Waals surface area contributed by atoms with E-state index in [0.717, 1.165) is 17.4 Å². The van der Waals surface area contributed by atoms with Crippen molar-refractivity contribution in [1.82, 2.24) is 9.97 Å². The zero-order valence-corrected chi connectivity index (χ0v) is 14.9. The minimum absolute atomic E-state index is 0.0666. The van der Waals surface area contributed by atoms with Crippen LogP contribution in [0.4, 0.5) is 22.9 Å². The Bertz CT molecular complexity index is 1010. The number of rotatable bonds is 5. The molecule has 2 N–H and O–H groups in total. The Morgan fingerprint density at radius 1 is 1.07 bits per heavy atom. The molecule has 0 aliphatic carbocycles. The number of amides is 1. The molecule has 0 fully saturated rings. The van der Waals surface area contributed by atoms with Crippen molar-refractivity contribution in [2.75, 3.05) is 10.6 Å². The molecule has 3 aromatic rings. The van der Waals surface area contributed by atoms with Crippen molar-refractivity contribution in [2.45, 2.75) is 6.92 Å². The Morgan fingerprint density at radius 3 is 2.44 bits per heavy atom. The molecule has 8 nitrogen and oxygen atoms in total. The molecule has 0 bridgehead atoms. The average molecular weight is 384 g/mol. The third-order valence-electron chi connectivity index (χ3n) is 3.62. The largest absolute Gasteiger partial charge is 0.340 e. The quantitative estimate of drug-likeness (QED) is 0.500. The first kappa shape index (κ1) is 18.3. The van der Waals surface area contributed by atoms with E-state index in [1.165, 1.54) is 18.5 Å². The third kappa shape index (κ3) is 4.56. The van der Waals surface area contributed by atoms with Gasteiger partial charge in [0, 0.05) is 34.2 Å². The second-order valence-corrected chi connectivity index (χ2v) is 6.06. The molecule has 0 aliphatic rings. The van der Waals surface area contributed by atoms with Gasteiger partial charge in [0.15, 0.2) is 0 Å². The standard InChI is InChI=1S/C18H14ClN5O3/c1-11-8-17(21-10-20-11)22-13-3-5-14(6-4-13)23-18(25)15-7-2-12(19)9-16(15)24(26)27/h2-10H,1H3,(H,23,25)(H,20,21,22). The highest BCUT2D eigenvalue weighted by Gasteiger charge is 2.20. The van der Waals surface area contributed by atoms with Crippen molar-refractivity contribution in [1.29, 1.82) is 0 Å². The van der Waals surface area contributed by atoms with Crippen LogP contribution in [0.3, 0.4) is 0 Å². The van der Waals surface area contributed by atoms with E-state index in [9.17, 15) is 14.9 Å². The zero-order valence-electron chi connectivity index (χ0n) is 14.1. The van der Waals surface area contributed by atoms with E-state index < -0.39 is 10.8 Å². The summed E-state index contributed by atoms with van der Waals surface area (Å²) in [5.74, 6) is 0.0570. The Balaban J connectivity index is 1.73. The summed E-state index contributed by atoms with van der Waals surface area (Å²) in [7, 11) is 0. The molecule has 0 saturated heterocycles. The lowest BCUT2D eigenvalue weighted by molar-refractivity contribution is -0.385. The van der Waals surface area contributed by atoms with Crippen LogP contribution in [-0.4, -0.2) is 20.8 Å². The van der Waals surface area contributed by atoms with Crippen molar-refractivity contribution in [3.63, 3.8) is 0 Å². The fourth-order valence-corrected chi connectivity index (χ4v) is 2.52. The van der Waals surface area contributed by atoms with Gasteiger partial charge in [0.05, 0.1) is 4.92 Å². The van der Waals surface area contributed by atoms with Crippen molar-refractivity contribution in [2.24, 2.45) is 0 Å². The summed E-state index contributed by atoms with van der Waals surface area (Å²) in [6.45, 7) is 1.86. The fourth-order valence-electron chi connectivity index (χ4n) is 2.35. The third-order valence-corrected chi connectivity index (χ3v) is 3.86. The van der Waals surface area contributed by atoms with Gasteiger partial charge in [-0.2, -0.15) is 0 Å². The maximum absolute atomic E-state index is 12.4. The van der Waals surface area contributed by atoms with Crippen molar-refractivity contribution in [3.05, 3.63) is 81.3 Å². The molecular weight excluding hydrogens is 370 g/mol. The van der Waals surface area contributed by atoms with E-state index in [2.05, 4.69) is 20.6 Å². The van der Waals surface area contributed by atoms with Gasteiger partial charge in [0.2, 0.25) is 0 Å². The summed E-state index contributed by atoms with van der Waals surface area (Å²) >= 11 is 5.77. The predicted octanol–water partition coefficient (Wildman–Crippen LogP) is 4.34. The van der Waals surface area contributed by atoms with Gasteiger partial charge in [-0.05, 0) is 43.3 Å². The maximum Gasteiger partial charge on any atom is 0.283 e. The number of carbonyl (C=O) groups is 1. The number of hydrogen-bond donors (Lipinski definition) is 2. The van der Waals surface area contributed by atoms with Gasteiger partial charge in [-0.15, -0.1) is 0 Å². The summed E-state index contributed by atoms with van der Waals surface area (Å²) in [6, 6.07) is 12.6. The smallest absolute Gasteiger partial charge is 0.283 e. The van der Waals surface area contributed by atoms with Gasteiger partial charge in [0.25, 0.3) is 11.6 Å². The van der Waals surface area contributed by atoms with Crippen LogP contribution in [0.1, 0.15) is 16.1 Å². The van der Waals surface area contributed by atoms with E-state index in [1.54, 1.807) is 30.3 Å². The average Bonchev–Trinajstić information content (AvgIpc) is 2.63. The predicted molar refractivity (Wildman–Crippen MR) is 103 cm³/mol. The lowest BCUT2D eigenvalue weighted by Gasteiger charge is -2.09. The molecule has 1 aromatic heterocycles. The van der Waals surface area contributed by atoms with Crippen LogP contribution in [0.15, 0.2) is 54.9 Å². The number of anilines is 3. The van der Waals surface area contributed by atoms with Crippen LogP contribution in [0.5, 0.6) is 0 Å². The summed E-state index contributed by atoms with van der Waals surface area (Å²) < 4.78 is 0. The number of nitro groups is 1. The Labute approximate surface area is 159 Å². The van der Waals surface area contributed by atoms with Crippen LogP contribution in [0.2, 0.25) is 5.02 Å². The lowest BCUT2D eigenvalue weighted by atomic mass is 10.1. The zero-order chi connectivity index (χ0) is 19.4. The number of aromatic nitrogens is 2. The van der Waals surface area contributed by atoms with Crippen molar-refractivity contribution < 1.29 is 9.72 Å². The van der Waals surface area contributed by atoms with Gasteiger partial charge in [-0.25, -0.2) is 9.97 Å². The van der Waals surface area contributed by atoms with Gasteiger partial charge in [-0.1, -0.05) is 11.6 Å². The number of halogens is 1. The molecule has 0 unspecified atom stereocenters. The molecule has 9 heteroatoms. The van der Waals surface area contributed by atoms with Crippen molar-refractivity contribution in [3.8, 4) is 0 Å². The summed E-state index contributed by atoms with van der Waals surface area (Å²) in [5, 5.41) is 17.1. The molecule has 2 aromatic carbocycles. The second-order valence-electron chi connectivity index (χ2n) is 5.62. The lowest BCUT2D eigenvalue weighted by Crippen LogP contribution is -2.13. The molecule has 27 heavy (non-hydrogen) atoms. The van der Waals surface area contributed by atoms with Crippen LogP contribution in [-0.2, 0) is 0 Å². The molecule has 3 rings (SSSR count). The molecule has 0 aliphatic heterocycles. The minimum Gasteiger partial charge on any atom is -0.340 e. The van der Waals surface area contributed by atoms with Crippen LogP contribution in [0, 0.1) is 17.0 Å². The Kier molecular flexibility index (Phi) is 5.28. The number of nitrogens with zero attached hydrogens (tertiary/aromatic N) is 3. The van der Waals surface area contributed by atoms with Crippen LogP contribution >= 0.6 is 11.6 Å². The number of carbonyl (C=O) groups excluding carboxylic acids is 1. The van der Waals surface area contributed by atoms with E-state index in [-0.39, 0.29) is 16.3 Å².